The van der Waals surface area contributed by atoms with Gasteiger partial charge in [-0.2, -0.15) is 18.2 Å². The lowest BCUT2D eigenvalue weighted by Crippen LogP contribution is -2.38. The third-order valence-corrected chi connectivity index (χ3v) is 7.65. The molecule has 11 heteroatoms. The molecule has 2 fully saturated rings. The van der Waals surface area contributed by atoms with E-state index in [2.05, 4.69) is 4.99 Å². The molecule has 2 aliphatic rings. The number of halogens is 4. The minimum atomic E-state index is -4.58. The molecule has 0 aliphatic carbocycles. The lowest BCUT2D eigenvalue weighted by Gasteiger charge is -2.26. The van der Waals surface area contributed by atoms with Crippen molar-refractivity contribution in [2.24, 2.45) is 4.99 Å². The molecule has 0 N–H and O–H groups in total. The smallest absolute Gasteiger partial charge is 0.314 e. The Hall–Kier alpha value is -1.26. The van der Waals surface area contributed by atoms with Crippen LogP contribution < -0.4 is 4.90 Å². The number of hydrogen-bond donors (Lipinski definition) is 0. The Kier molecular flexibility index (Phi) is 5.04. The number of amides is 1. The number of alkyl halides is 3. The summed E-state index contributed by atoms with van der Waals surface area (Å²) in [5.74, 6) is -0.783. The molecule has 0 aromatic heterocycles. The van der Waals surface area contributed by atoms with Crippen molar-refractivity contribution in [3.05, 3.63) is 28.8 Å². The van der Waals surface area contributed by atoms with Gasteiger partial charge in [0.1, 0.15) is 0 Å². The van der Waals surface area contributed by atoms with Crippen molar-refractivity contribution in [2.75, 3.05) is 16.4 Å². The summed E-state index contributed by atoms with van der Waals surface area (Å²) in [5.41, 5.74) is -0.909. The number of carbonyl (C=O) groups excluding carboxylic acids is 1. The van der Waals surface area contributed by atoms with Gasteiger partial charge < -0.3 is 4.90 Å². The zero-order valence-corrected chi connectivity index (χ0v) is 15.8. The molecule has 0 bridgehead atoms. The number of anilines is 1. The van der Waals surface area contributed by atoms with E-state index < -0.39 is 38.8 Å². The maximum Gasteiger partial charge on any atom is 0.416 e. The molecule has 0 radical (unpaired) electrons. The summed E-state index contributed by atoms with van der Waals surface area (Å²) >= 11 is 7.20. The molecule has 3 rings (SSSR count). The molecule has 2 aliphatic heterocycles. The van der Waals surface area contributed by atoms with Crippen LogP contribution >= 0.6 is 23.4 Å². The van der Waals surface area contributed by atoms with Gasteiger partial charge in [-0.25, -0.2) is 8.42 Å². The van der Waals surface area contributed by atoms with Gasteiger partial charge in [-0.05, 0) is 18.2 Å². The van der Waals surface area contributed by atoms with Gasteiger partial charge in [0, 0.05) is 11.7 Å². The Balaban J connectivity index is 2.11. The van der Waals surface area contributed by atoms with Crippen molar-refractivity contribution in [1.82, 2.24) is 0 Å². The van der Waals surface area contributed by atoms with Crippen molar-refractivity contribution in [2.45, 2.75) is 30.8 Å². The highest BCUT2D eigenvalue weighted by atomic mass is 35.5. The highest BCUT2D eigenvalue weighted by Crippen LogP contribution is 2.44. The summed E-state index contributed by atoms with van der Waals surface area (Å²) in [5, 5.41) is -0.197. The van der Waals surface area contributed by atoms with Gasteiger partial charge in [0.2, 0.25) is 5.91 Å². The van der Waals surface area contributed by atoms with Crippen molar-refractivity contribution < 1.29 is 26.4 Å². The Bertz CT molecular complexity index is 887. The molecule has 2 atom stereocenters. The maximum absolute atomic E-state index is 13.1. The molecule has 0 saturated carbocycles. The predicted molar refractivity (Wildman–Crippen MR) is 95.5 cm³/mol. The van der Waals surface area contributed by atoms with Crippen molar-refractivity contribution in [1.29, 1.82) is 0 Å². The molecule has 2 heterocycles. The minimum absolute atomic E-state index is 0.00115. The molecule has 0 unspecified atom stereocenters. The summed E-state index contributed by atoms with van der Waals surface area (Å²) in [4.78, 5) is 17.1. The van der Waals surface area contributed by atoms with Gasteiger partial charge in [-0.1, -0.05) is 30.3 Å². The van der Waals surface area contributed by atoms with Crippen LogP contribution in [0.5, 0.6) is 0 Å². The molecular formula is C15H14ClF3N2O3S2. The highest BCUT2D eigenvalue weighted by molar-refractivity contribution is 8.16. The first-order valence-corrected chi connectivity index (χ1v) is 10.7. The first-order valence-electron chi connectivity index (χ1n) is 7.66. The van der Waals surface area contributed by atoms with Crippen LogP contribution in [0.4, 0.5) is 18.9 Å². The fourth-order valence-electron chi connectivity index (χ4n) is 2.91. The molecule has 142 valence electrons. The monoisotopic (exact) mass is 426 g/mol. The van der Waals surface area contributed by atoms with E-state index in [-0.39, 0.29) is 33.8 Å². The van der Waals surface area contributed by atoms with E-state index in [1.165, 1.54) is 4.90 Å². The summed E-state index contributed by atoms with van der Waals surface area (Å²) in [6, 6.07) is 2.21. The third-order valence-electron chi connectivity index (χ3n) is 4.12. The van der Waals surface area contributed by atoms with E-state index in [9.17, 15) is 26.4 Å². The molecule has 1 amide bonds. The average Bonchev–Trinajstić information content (AvgIpc) is 2.97. The van der Waals surface area contributed by atoms with E-state index >= 15 is 0 Å². The predicted octanol–water partition coefficient (Wildman–Crippen LogP) is 3.37. The van der Waals surface area contributed by atoms with Crippen LogP contribution in [0.1, 0.15) is 18.9 Å². The van der Waals surface area contributed by atoms with Gasteiger partial charge in [0.25, 0.3) is 0 Å². The third kappa shape index (κ3) is 3.72. The number of nitrogens with zero attached hydrogens (tertiary/aromatic N) is 2. The first kappa shape index (κ1) is 19.5. The number of aliphatic imine (C=N–C) groups is 1. The second-order valence-corrected chi connectivity index (χ2v) is 9.74. The topological polar surface area (TPSA) is 66.8 Å². The van der Waals surface area contributed by atoms with Gasteiger partial charge in [-0.15, -0.1) is 0 Å². The number of thioether (sulfide) groups is 1. The number of rotatable bonds is 2. The van der Waals surface area contributed by atoms with Gasteiger partial charge in [0.05, 0.1) is 33.8 Å². The van der Waals surface area contributed by atoms with Crippen LogP contribution in [0.3, 0.4) is 0 Å². The molecule has 26 heavy (non-hydrogen) atoms. The number of carbonyl (C=O) groups is 1. The van der Waals surface area contributed by atoms with E-state index in [0.717, 1.165) is 30.0 Å². The van der Waals surface area contributed by atoms with E-state index in [1.807, 2.05) is 0 Å². The second-order valence-electron chi connectivity index (χ2n) is 5.98. The van der Waals surface area contributed by atoms with Crippen LogP contribution in [-0.4, -0.2) is 42.3 Å². The molecule has 5 nitrogen and oxygen atoms in total. The van der Waals surface area contributed by atoms with Crippen molar-refractivity contribution >= 4 is 50.0 Å². The minimum Gasteiger partial charge on any atom is -0.314 e. The first-order chi connectivity index (χ1) is 12.0. The second kappa shape index (κ2) is 6.72. The Morgan fingerprint density at radius 2 is 2.08 bits per heavy atom. The Labute approximate surface area is 157 Å². The van der Waals surface area contributed by atoms with Crippen LogP contribution in [0.25, 0.3) is 0 Å². The number of hydrogen-bond acceptors (Lipinski definition) is 4. The largest absolute Gasteiger partial charge is 0.416 e. The summed E-state index contributed by atoms with van der Waals surface area (Å²) in [6.07, 6.45) is -4.45. The number of amidine groups is 1. The lowest BCUT2D eigenvalue weighted by atomic mass is 10.1. The maximum atomic E-state index is 13.1. The Morgan fingerprint density at radius 3 is 2.69 bits per heavy atom. The highest BCUT2D eigenvalue weighted by Gasteiger charge is 2.50. The van der Waals surface area contributed by atoms with Gasteiger partial charge >= 0.3 is 6.18 Å². The summed E-state index contributed by atoms with van der Waals surface area (Å²) < 4.78 is 63.2. The number of sulfone groups is 1. The van der Waals surface area contributed by atoms with E-state index in [1.54, 1.807) is 6.92 Å². The van der Waals surface area contributed by atoms with Crippen molar-refractivity contribution in [3.8, 4) is 0 Å². The van der Waals surface area contributed by atoms with Gasteiger partial charge in [-0.3, -0.25) is 4.79 Å². The zero-order chi connectivity index (χ0) is 19.3. The normalized spacial score (nSPS) is 26.3. The standard InChI is InChI=1S/C15H14ClF3N2O3S2/c1-2-13(22)20-14-21(11-6-26(23,24)7-12(11)25-14)10-5-8(15(17,18)19)3-4-9(10)16/h3-5,11-12H,2,6-7H2,1H3/t11-,12+/m1/s1. The number of fused-ring (bicyclic) bond motifs is 1. The van der Waals surface area contributed by atoms with E-state index in [4.69, 9.17) is 11.6 Å². The number of benzene rings is 1. The zero-order valence-electron chi connectivity index (χ0n) is 13.5. The molecule has 1 aromatic rings. The van der Waals surface area contributed by atoms with Crippen LogP contribution in [-0.2, 0) is 20.8 Å². The van der Waals surface area contributed by atoms with Crippen LogP contribution in [0, 0.1) is 0 Å². The Morgan fingerprint density at radius 1 is 1.38 bits per heavy atom. The summed E-state index contributed by atoms with van der Waals surface area (Å²) in [6.45, 7) is 1.61. The average molecular weight is 427 g/mol. The molecule has 1 aromatic carbocycles. The van der Waals surface area contributed by atoms with Crippen LogP contribution in [0.15, 0.2) is 23.2 Å². The fraction of sp³-hybridized carbons (Fsp3) is 0.467. The van der Waals surface area contributed by atoms with Crippen LogP contribution in [0.2, 0.25) is 5.02 Å². The van der Waals surface area contributed by atoms with Crippen molar-refractivity contribution in [3.63, 3.8) is 0 Å². The molecule has 2 saturated heterocycles. The summed E-state index contributed by atoms with van der Waals surface area (Å²) in [7, 11) is -3.32. The van der Waals surface area contributed by atoms with Gasteiger partial charge in [0.15, 0.2) is 15.0 Å². The SMILES string of the molecule is CCC(=O)N=C1S[C@H]2CS(=O)(=O)C[C@H]2N1c1cc(C(F)(F)F)ccc1Cl. The quantitative estimate of drug-likeness (QED) is 0.725. The molecule has 0 spiro atoms. The lowest BCUT2D eigenvalue weighted by molar-refractivity contribution is -0.137. The molecular weight excluding hydrogens is 413 g/mol. The van der Waals surface area contributed by atoms with E-state index in [0.29, 0.717) is 0 Å². The fourth-order valence-corrected chi connectivity index (χ4v) is 7.04.